The van der Waals surface area contributed by atoms with Gasteiger partial charge in [0.1, 0.15) is 0 Å². The molecule has 0 aromatic rings. The van der Waals surface area contributed by atoms with Gasteiger partial charge >= 0.3 is 0 Å². The van der Waals surface area contributed by atoms with Crippen molar-refractivity contribution in [2.75, 3.05) is 31.7 Å². The summed E-state index contributed by atoms with van der Waals surface area (Å²) in [7, 11) is 2.11. The average molecular weight is 175 g/mol. The molecule has 1 fully saturated rings. The van der Waals surface area contributed by atoms with Crippen molar-refractivity contribution in [1.29, 1.82) is 0 Å². The molecule has 0 unspecified atom stereocenters. The van der Waals surface area contributed by atoms with E-state index in [1.54, 1.807) is 0 Å². The van der Waals surface area contributed by atoms with Gasteiger partial charge in [-0.05, 0) is 31.4 Å². The number of aliphatic hydroxyl groups is 1. The molecule has 0 aromatic heterocycles. The fourth-order valence-electron chi connectivity index (χ4n) is 1.47. The Hall–Kier alpha value is 0.270. The first-order chi connectivity index (χ1) is 5.34. The summed E-state index contributed by atoms with van der Waals surface area (Å²) in [6.07, 6.45) is 2.59. The maximum absolute atomic E-state index is 8.72. The summed E-state index contributed by atoms with van der Waals surface area (Å²) >= 11 is 2.04. The van der Waals surface area contributed by atoms with Gasteiger partial charge in [-0.1, -0.05) is 0 Å². The lowest BCUT2D eigenvalue weighted by atomic mass is 10.1. The molecular formula is C8H17NOS. The molecule has 1 heterocycles. The molecule has 1 saturated heterocycles. The number of hydrogen-bond acceptors (Lipinski definition) is 3. The maximum atomic E-state index is 8.72. The molecule has 0 atom stereocenters. The van der Waals surface area contributed by atoms with Crippen molar-refractivity contribution in [2.45, 2.75) is 18.9 Å². The first-order valence-corrected chi connectivity index (χ1v) is 5.39. The van der Waals surface area contributed by atoms with Crippen molar-refractivity contribution in [2.24, 2.45) is 0 Å². The van der Waals surface area contributed by atoms with Crippen LogP contribution in [0.5, 0.6) is 0 Å². The van der Waals surface area contributed by atoms with Crippen LogP contribution in [0.2, 0.25) is 0 Å². The smallest absolute Gasteiger partial charge is 0.0558 e. The minimum absolute atomic E-state index is 0.292. The molecule has 66 valence electrons. The van der Waals surface area contributed by atoms with Crippen LogP contribution in [0.1, 0.15) is 12.8 Å². The molecule has 1 aliphatic heterocycles. The van der Waals surface area contributed by atoms with Crippen molar-refractivity contribution in [1.82, 2.24) is 4.90 Å². The zero-order valence-electron chi connectivity index (χ0n) is 7.12. The summed E-state index contributed by atoms with van der Waals surface area (Å²) in [6.45, 7) is 1.12. The van der Waals surface area contributed by atoms with E-state index in [1.165, 1.54) is 24.3 Å². The molecule has 11 heavy (non-hydrogen) atoms. The van der Waals surface area contributed by atoms with Crippen LogP contribution in [0.3, 0.4) is 0 Å². The lowest BCUT2D eigenvalue weighted by Crippen LogP contribution is -2.36. The van der Waals surface area contributed by atoms with Crippen LogP contribution < -0.4 is 0 Å². The number of thioether (sulfide) groups is 1. The first kappa shape index (κ1) is 9.36. The number of aliphatic hydroxyl groups excluding tert-OH is 1. The molecule has 1 rings (SSSR count). The molecule has 0 saturated carbocycles. The second kappa shape index (κ2) is 5.01. The van der Waals surface area contributed by atoms with E-state index in [1.807, 2.05) is 11.8 Å². The lowest BCUT2D eigenvalue weighted by Gasteiger charge is -2.30. The number of nitrogens with zero attached hydrogens (tertiary/aromatic N) is 1. The van der Waals surface area contributed by atoms with Crippen molar-refractivity contribution in [3.8, 4) is 0 Å². The van der Waals surface area contributed by atoms with Crippen molar-refractivity contribution >= 4 is 11.8 Å². The van der Waals surface area contributed by atoms with Gasteiger partial charge in [0, 0.05) is 12.6 Å². The van der Waals surface area contributed by atoms with E-state index < -0.39 is 0 Å². The number of hydrogen-bond donors (Lipinski definition) is 1. The van der Waals surface area contributed by atoms with Crippen molar-refractivity contribution in [3.05, 3.63) is 0 Å². The van der Waals surface area contributed by atoms with E-state index in [2.05, 4.69) is 11.9 Å². The fraction of sp³-hybridized carbons (Fsp3) is 1.00. The van der Waals surface area contributed by atoms with Gasteiger partial charge in [-0.25, -0.2) is 0 Å². The van der Waals surface area contributed by atoms with Gasteiger partial charge in [-0.2, -0.15) is 11.8 Å². The normalized spacial score (nSPS) is 21.0. The van der Waals surface area contributed by atoms with Crippen LogP contribution in [0, 0.1) is 0 Å². The van der Waals surface area contributed by atoms with Crippen molar-refractivity contribution < 1.29 is 5.11 Å². The molecule has 0 radical (unpaired) electrons. The highest BCUT2D eigenvalue weighted by Crippen LogP contribution is 2.20. The molecule has 0 spiro atoms. The van der Waals surface area contributed by atoms with Crippen molar-refractivity contribution in [3.63, 3.8) is 0 Å². The summed E-state index contributed by atoms with van der Waals surface area (Å²) in [5.41, 5.74) is 0. The van der Waals surface area contributed by atoms with E-state index in [0.717, 1.165) is 12.6 Å². The van der Waals surface area contributed by atoms with Gasteiger partial charge < -0.3 is 10.0 Å². The standard InChI is InChI=1S/C8H17NOS/c1-9(4-5-10)8-2-6-11-7-3-8/h8,10H,2-7H2,1H3. The Balaban J connectivity index is 2.21. The highest BCUT2D eigenvalue weighted by Gasteiger charge is 2.16. The van der Waals surface area contributed by atoms with Gasteiger partial charge in [0.05, 0.1) is 6.61 Å². The third kappa shape index (κ3) is 3.01. The molecule has 0 aliphatic carbocycles. The predicted molar refractivity (Wildman–Crippen MR) is 50.1 cm³/mol. The zero-order valence-corrected chi connectivity index (χ0v) is 7.94. The van der Waals surface area contributed by atoms with Gasteiger partial charge in [-0.15, -0.1) is 0 Å². The van der Waals surface area contributed by atoms with Gasteiger partial charge in [-0.3, -0.25) is 0 Å². The molecule has 0 amide bonds. The Morgan fingerprint density at radius 3 is 2.64 bits per heavy atom. The fourth-order valence-corrected chi connectivity index (χ4v) is 2.55. The quantitative estimate of drug-likeness (QED) is 0.686. The monoisotopic (exact) mass is 175 g/mol. The summed E-state index contributed by atoms with van der Waals surface area (Å²) in [4.78, 5) is 2.28. The van der Waals surface area contributed by atoms with Crippen LogP contribution in [0.4, 0.5) is 0 Å². The Labute approximate surface area is 73.0 Å². The second-order valence-corrected chi connectivity index (χ2v) is 4.27. The Morgan fingerprint density at radius 2 is 2.09 bits per heavy atom. The Morgan fingerprint density at radius 1 is 1.45 bits per heavy atom. The van der Waals surface area contributed by atoms with E-state index in [0.29, 0.717) is 6.61 Å². The second-order valence-electron chi connectivity index (χ2n) is 3.05. The van der Waals surface area contributed by atoms with Crippen LogP contribution in [-0.4, -0.2) is 47.8 Å². The third-order valence-corrected chi connectivity index (χ3v) is 3.32. The summed E-state index contributed by atoms with van der Waals surface area (Å²) in [6, 6.07) is 0.725. The van der Waals surface area contributed by atoms with Gasteiger partial charge in [0.25, 0.3) is 0 Å². The van der Waals surface area contributed by atoms with Crippen LogP contribution in [-0.2, 0) is 0 Å². The minimum Gasteiger partial charge on any atom is -0.395 e. The zero-order chi connectivity index (χ0) is 8.10. The lowest BCUT2D eigenvalue weighted by molar-refractivity contribution is 0.173. The largest absolute Gasteiger partial charge is 0.395 e. The molecule has 0 bridgehead atoms. The van der Waals surface area contributed by atoms with E-state index in [4.69, 9.17) is 5.11 Å². The van der Waals surface area contributed by atoms with E-state index in [-0.39, 0.29) is 0 Å². The highest BCUT2D eigenvalue weighted by atomic mass is 32.2. The number of likely N-dealkylation sites (N-methyl/N-ethyl adjacent to an activating group) is 1. The van der Waals surface area contributed by atoms with Gasteiger partial charge in [0.2, 0.25) is 0 Å². The molecule has 1 N–H and O–H groups in total. The van der Waals surface area contributed by atoms with Crippen LogP contribution >= 0.6 is 11.8 Å². The predicted octanol–water partition coefficient (Wildman–Crippen LogP) is 0.806. The summed E-state index contributed by atoms with van der Waals surface area (Å²) in [5.74, 6) is 2.58. The molecular weight excluding hydrogens is 158 g/mol. The summed E-state index contributed by atoms with van der Waals surface area (Å²) in [5, 5.41) is 8.72. The average Bonchev–Trinajstić information content (AvgIpc) is 2.07. The molecule has 1 aliphatic rings. The Kier molecular flexibility index (Phi) is 4.26. The topological polar surface area (TPSA) is 23.5 Å². The van der Waals surface area contributed by atoms with Crippen LogP contribution in [0.25, 0.3) is 0 Å². The number of rotatable bonds is 3. The maximum Gasteiger partial charge on any atom is 0.0558 e. The van der Waals surface area contributed by atoms with Gasteiger partial charge in [0.15, 0.2) is 0 Å². The summed E-state index contributed by atoms with van der Waals surface area (Å²) < 4.78 is 0. The highest BCUT2D eigenvalue weighted by molar-refractivity contribution is 7.99. The molecule has 0 aromatic carbocycles. The van der Waals surface area contributed by atoms with E-state index >= 15 is 0 Å². The Bertz CT molecular complexity index is 104. The third-order valence-electron chi connectivity index (χ3n) is 2.27. The van der Waals surface area contributed by atoms with E-state index in [9.17, 15) is 0 Å². The molecule has 2 nitrogen and oxygen atoms in total. The SMILES string of the molecule is CN(CCO)C1CCSCC1. The minimum atomic E-state index is 0.292. The first-order valence-electron chi connectivity index (χ1n) is 4.23. The van der Waals surface area contributed by atoms with Crippen LogP contribution in [0.15, 0.2) is 0 Å². The molecule has 3 heteroatoms.